The molecule has 4 aliphatic heterocycles. The second-order valence-electron chi connectivity index (χ2n) is 15.4. The lowest BCUT2D eigenvalue weighted by Crippen LogP contribution is -2.64. The van der Waals surface area contributed by atoms with Crippen LogP contribution in [-0.4, -0.2) is 96.9 Å². The highest BCUT2D eigenvalue weighted by atomic mass is 32.2. The van der Waals surface area contributed by atoms with Crippen LogP contribution in [-0.2, 0) is 54.1 Å². The van der Waals surface area contributed by atoms with E-state index in [-0.39, 0.29) is 48.8 Å². The van der Waals surface area contributed by atoms with Crippen LogP contribution in [0.2, 0.25) is 0 Å². The van der Waals surface area contributed by atoms with Crippen molar-refractivity contribution in [2.45, 2.75) is 74.4 Å². The first-order valence-corrected chi connectivity index (χ1v) is 21.3. The van der Waals surface area contributed by atoms with E-state index in [1.807, 2.05) is 25.1 Å². The fourth-order valence-electron chi connectivity index (χ4n) is 8.65. The Morgan fingerprint density at radius 3 is 2.26 bits per heavy atom. The Kier molecular flexibility index (Phi) is 11.5. The zero-order valence-corrected chi connectivity index (χ0v) is 34.8. The first-order chi connectivity index (χ1) is 29.9. The third kappa shape index (κ3) is 7.91. The number of rotatable bonds is 11. The van der Waals surface area contributed by atoms with Crippen molar-refractivity contribution in [2.24, 2.45) is 11.8 Å². The summed E-state index contributed by atoms with van der Waals surface area (Å²) < 4.78 is 97.6. The van der Waals surface area contributed by atoms with Crippen LogP contribution in [0.3, 0.4) is 0 Å². The zero-order valence-electron chi connectivity index (χ0n) is 34.0. The van der Waals surface area contributed by atoms with Crippen molar-refractivity contribution in [3.05, 3.63) is 107 Å². The number of esters is 1. The Bertz CT molecular complexity index is 2400. The molecular formula is C44H44O17S. The molecule has 3 saturated heterocycles. The number of fused-ring (bicyclic) bond motifs is 4. The summed E-state index contributed by atoms with van der Waals surface area (Å²) in [6.07, 6.45) is -9.42. The van der Waals surface area contributed by atoms with Crippen molar-refractivity contribution in [3.63, 3.8) is 0 Å². The van der Waals surface area contributed by atoms with Crippen molar-refractivity contribution in [1.29, 1.82) is 0 Å². The van der Waals surface area contributed by atoms with Crippen LogP contribution in [0.15, 0.2) is 83.8 Å². The number of aryl methyl sites for hydroxylation is 1. The van der Waals surface area contributed by atoms with Crippen LogP contribution >= 0.6 is 0 Å². The van der Waals surface area contributed by atoms with Crippen molar-refractivity contribution in [1.82, 2.24) is 0 Å². The van der Waals surface area contributed by atoms with E-state index in [1.54, 1.807) is 55.5 Å². The predicted molar refractivity (Wildman–Crippen MR) is 211 cm³/mol. The average molecular weight is 877 g/mol. The normalized spacial score (nSPS) is 28.5. The predicted octanol–water partition coefficient (Wildman–Crippen LogP) is 5.07. The van der Waals surface area contributed by atoms with Gasteiger partial charge in [-0.15, -0.1) is 0 Å². The molecule has 0 saturated carbocycles. The SMILES string of the molecule is COc1cc([C@@H]2c3cc4c(cc3[C@@H](O[C@@H]3O[C@@H]5CO[C@@H](C)O[C@H]5[C@H](OS(=O)(=O)c5ccc(C)cc5)[C@H]3O)[C@H]3COC(=O)[C@H]23)OCO4)cc(OC)c1OC(=O)OCc1ccccc1. The molecule has 10 atom stereocenters. The molecule has 0 spiro atoms. The van der Waals surface area contributed by atoms with Crippen molar-refractivity contribution >= 4 is 22.2 Å². The van der Waals surface area contributed by atoms with E-state index in [4.69, 9.17) is 56.3 Å². The van der Waals surface area contributed by atoms with Gasteiger partial charge in [0.15, 0.2) is 35.6 Å². The maximum absolute atomic E-state index is 13.9. The molecule has 18 heteroatoms. The van der Waals surface area contributed by atoms with E-state index in [1.165, 1.54) is 26.4 Å². The lowest BCUT2D eigenvalue weighted by molar-refractivity contribution is -0.361. The number of carbonyl (C=O) groups is 2. The van der Waals surface area contributed by atoms with E-state index in [0.29, 0.717) is 28.2 Å². The molecule has 5 aliphatic rings. The summed E-state index contributed by atoms with van der Waals surface area (Å²) in [4.78, 5) is 26.8. The summed E-state index contributed by atoms with van der Waals surface area (Å²) in [5.74, 6) is -1.84. The minimum absolute atomic E-state index is 0.0212. The summed E-state index contributed by atoms with van der Waals surface area (Å²) in [6.45, 7) is 3.27. The molecule has 0 amide bonds. The highest BCUT2D eigenvalue weighted by Crippen LogP contribution is 2.57. The summed E-state index contributed by atoms with van der Waals surface area (Å²) in [5, 5.41) is 12.0. The first kappa shape index (κ1) is 41.9. The minimum atomic E-state index is -4.43. The molecule has 0 radical (unpaired) electrons. The van der Waals surface area contributed by atoms with E-state index < -0.39 is 83.1 Å². The number of ether oxygens (including phenoxy) is 11. The van der Waals surface area contributed by atoms with Gasteiger partial charge in [-0.3, -0.25) is 8.98 Å². The Labute approximate surface area is 356 Å². The highest BCUT2D eigenvalue weighted by Gasteiger charge is 2.57. The van der Waals surface area contributed by atoms with Crippen molar-refractivity contribution in [2.75, 3.05) is 34.2 Å². The standard InChI is InChI=1S/C44H44O17S/c1-22-10-12-26(13-11-22)62(48,49)61-41-37(45)43(58-34-20-52-23(2)57-40(34)41)59-38-28-17-31-30(55-21-56-31)16-27(28)35(36-29(38)19-53-42(36)46)25-14-32(50-3)39(33(15-25)51-4)60-44(47)54-18-24-8-6-5-7-9-24/h5-17,23,29,34-38,40-41,43,45H,18-21H2,1-4H3/t23-,29+,34-,35-,36+,37-,38-,40-,41-,43+/m1/s1. The second kappa shape index (κ2) is 17.0. The molecule has 1 N–H and O–H groups in total. The molecular weight excluding hydrogens is 833 g/mol. The number of aliphatic hydroxyl groups is 1. The average Bonchev–Trinajstić information content (AvgIpc) is 3.90. The number of benzene rings is 4. The molecule has 0 unspecified atom stereocenters. The van der Waals surface area contributed by atoms with Gasteiger partial charge >= 0.3 is 12.1 Å². The Balaban J connectivity index is 1.06. The van der Waals surface area contributed by atoms with Gasteiger partial charge in [-0.05, 0) is 72.5 Å². The van der Waals surface area contributed by atoms with Gasteiger partial charge in [0.1, 0.15) is 31.0 Å². The number of carbonyl (C=O) groups excluding carboxylic acids is 2. The van der Waals surface area contributed by atoms with Crippen LogP contribution < -0.4 is 23.7 Å². The van der Waals surface area contributed by atoms with Crippen LogP contribution in [0.4, 0.5) is 4.79 Å². The lowest BCUT2D eigenvalue weighted by atomic mass is 9.66. The van der Waals surface area contributed by atoms with Gasteiger partial charge in [-0.25, -0.2) is 4.79 Å². The lowest BCUT2D eigenvalue weighted by Gasteiger charge is -2.48. The van der Waals surface area contributed by atoms with E-state index in [2.05, 4.69) is 0 Å². The monoisotopic (exact) mass is 876 g/mol. The minimum Gasteiger partial charge on any atom is -0.493 e. The number of aliphatic hydroxyl groups excluding tert-OH is 1. The number of hydrogen-bond acceptors (Lipinski definition) is 17. The first-order valence-electron chi connectivity index (χ1n) is 19.9. The molecule has 0 bridgehead atoms. The van der Waals surface area contributed by atoms with Gasteiger partial charge < -0.3 is 57.2 Å². The van der Waals surface area contributed by atoms with Crippen molar-refractivity contribution in [3.8, 4) is 28.7 Å². The van der Waals surface area contributed by atoms with Gasteiger partial charge in [0.05, 0.1) is 44.4 Å². The number of cyclic esters (lactones) is 1. The van der Waals surface area contributed by atoms with Crippen molar-refractivity contribution < 1.29 is 79.4 Å². The molecule has 9 rings (SSSR count). The van der Waals surface area contributed by atoms with Crippen LogP contribution in [0.5, 0.6) is 28.7 Å². The Hall–Kier alpha value is -5.47. The fraction of sp³-hybridized carbons (Fsp3) is 0.409. The van der Waals surface area contributed by atoms with E-state index in [0.717, 1.165) is 11.1 Å². The van der Waals surface area contributed by atoms with E-state index in [9.17, 15) is 23.1 Å². The summed E-state index contributed by atoms with van der Waals surface area (Å²) in [5.41, 5.74) is 3.27. The second-order valence-corrected chi connectivity index (χ2v) is 17.0. The smallest absolute Gasteiger partial charge is 0.493 e. The molecule has 4 aromatic carbocycles. The molecule has 62 heavy (non-hydrogen) atoms. The van der Waals surface area contributed by atoms with Gasteiger partial charge in [0.25, 0.3) is 10.1 Å². The van der Waals surface area contributed by atoms with Gasteiger partial charge in [0.2, 0.25) is 12.5 Å². The Morgan fingerprint density at radius 2 is 1.56 bits per heavy atom. The topological polar surface area (TPSA) is 199 Å². The summed E-state index contributed by atoms with van der Waals surface area (Å²) in [7, 11) is -1.63. The molecule has 3 fully saturated rings. The summed E-state index contributed by atoms with van der Waals surface area (Å²) in [6, 6.07) is 22.0. The van der Waals surface area contributed by atoms with Crippen LogP contribution in [0.25, 0.3) is 0 Å². The van der Waals surface area contributed by atoms with Gasteiger partial charge in [0, 0.05) is 11.8 Å². The zero-order chi connectivity index (χ0) is 43.3. The maximum Gasteiger partial charge on any atom is 0.514 e. The molecule has 1 aliphatic carbocycles. The largest absolute Gasteiger partial charge is 0.514 e. The molecule has 0 aromatic heterocycles. The highest BCUT2D eigenvalue weighted by molar-refractivity contribution is 7.86. The third-order valence-corrected chi connectivity index (χ3v) is 13.0. The van der Waals surface area contributed by atoms with Crippen LogP contribution in [0, 0.1) is 18.8 Å². The molecule has 4 aromatic rings. The number of hydrogen-bond donors (Lipinski definition) is 1. The van der Waals surface area contributed by atoms with Gasteiger partial charge in [-0.2, -0.15) is 8.42 Å². The number of methoxy groups -OCH3 is 2. The fourth-order valence-corrected chi connectivity index (χ4v) is 9.75. The van der Waals surface area contributed by atoms with Crippen LogP contribution in [0.1, 0.15) is 46.8 Å². The maximum atomic E-state index is 13.9. The molecule has 328 valence electrons. The molecule has 4 heterocycles. The quantitative estimate of drug-likeness (QED) is 0.119. The Morgan fingerprint density at radius 1 is 0.871 bits per heavy atom. The summed E-state index contributed by atoms with van der Waals surface area (Å²) >= 11 is 0. The third-order valence-electron chi connectivity index (χ3n) is 11.6. The van der Waals surface area contributed by atoms with Gasteiger partial charge in [-0.1, -0.05) is 48.0 Å². The van der Waals surface area contributed by atoms with E-state index >= 15 is 0 Å². The molecule has 17 nitrogen and oxygen atoms in total.